The zero-order valence-corrected chi connectivity index (χ0v) is 13.6. The third kappa shape index (κ3) is 4.33. The number of nitrogens with one attached hydrogen (secondary N) is 1. The average Bonchev–Trinajstić information content (AvgIpc) is 2.91. The maximum Gasteiger partial charge on any atom is 0.265 e. The van der Waals surface area contributed by atoms with E-state index in [1.54, 1.807) is 44.4 Å². The smallest absolute Gasteiger partial charge is 0.265 e. The second-order valence-electron chi connectivity index (χ2n) is 4.97. The summed E-state index contributed by atoms with van der Waals surface area (Å²) in [5.41, 5.74) is 0.630. The van der Waals surface area contributed by atoms with Gasteiger partial charge in [-0.1, -0.05) is 6.07 Å². The van der Waals surface area contributed by atoms with Crippen LogP contribution in [0.1, 0.15) is 14.5 Å². The van der Waals surface area contributed by atoms with Gasteiger partial charge in [-0.15, -0.1) is 11.3 Å². The fourth-order valence-electron chi connectivity index (χ4n) is 1.69. The Balaban J connectivity index is 1.99. The zero-order valence-electron chi connectivity index (χ0n) is 12.8. The molecule has 0 saturated heterocycles. The monoisotopic (exact) mass is 318 g/mol. The van der Waals surface area contributed by atoms with Crippen molar-refractivity contribution in [3.05, 3.63) is 46.2 Å². The predicted octanol–water partition coefficient (Wildman–Crippen LogP) is 2.78. The molecule has 0 aliphatic carbocycles. The molecule has 0 radical (unpaired) electrons. The SMILES string of the molecule is Cc1ccc(C(=O)Nc2cccc(OCC(=O)N(C)C)c2)s1. The van der Waals surface area contributed by atoms with E-state index in [1.165, 1.54) is 16.2 Å². The molecule has 116 valence electrons. The van der Waals surface area contributed by atoms with Crippen LogP contribution in [0.25, 0.3) is 0 Å². The van der Waals surface area contributed by atoms with Crippen LogP contribution < -0.4 is 10.1 Å². The first-order valence-corrected chi connectivity index (χ1v) is 7.58. The lowest BCUT2D eigenvalue weighted by Gasteiger charge is -2.12. The Morgan fingerprint density at radius 3 is 2.64 bits per heavy atom. The van der Waals surface area contributed by atoms with Gasteiger partial charge in [0.05, 0.1) is 4.88 Å². The third-order valence-corrected chi connectivity index (χ3v) is 3.92. The van der Waals surface area contributed by atoms with Crippen LogP contribution in [0.15, 0.2) is 36.4 Å². The summed E-state index contributed by atoms with van der Waals surface area (Å²) in [4.78, 5) is 26.8. The normalized spacial score (nSPS) is 10.1. The first-order valence-electron chi connectivity index (χ1n) is 6.76. The number of likely N-dealkylation sites (N-methyl/N-ethyl adjacent to an activating group) is 1. The van der Waals surface area contributed by atoms with Gasteiger partial charge in [0.15, 0.2) is 6.61 Å². The molecule has 1 aromatic carbocycles. The molecule has 0 unspecified atom stereocenters. The predicted molar refractivity (Wildman–Crippen MR) is 87.6 cm³/mol. The number of thiophene rings is 1. The second-order valence-corrected chi connectivity index (χ2v) is 6.26. The van der Waals surface area contributed by atoms with Gasteiger partial charge in [0.1, 0.15) is 5.75 Å². The van der Waals surface area contributed by atoms with E-state index in [-0.39, 0.29) is 18.4 Å². The van der Waals surface area contributed by atoms with Gasteiger partial charge in [-0.2, -0.15) is 0 Å². The summed E-state index contributed by atoms with van der Waals surface area (Å²) >= 11 is 1.44. The van der Waals surface area contributed by atoms with Crippen molar-refractivity contribution in [2.75, 3.05) is 26.0 Å². The molecular weight excluding hydrogens is 300 g/mol. The number of rotatable bonds is 5. The molecule has 22 heavy (non-hydrogen) atoms. The summed E-state index contributed by atoms with van der Waals surface area (Å²) in [6, 6.07) is 10.7. The molecule has 2 amide bonds. The van der Waals surface area contributed by atoms with Crippen LogP contribution in [-0.2, 0) is 4.79 Å². The van der Waals surface area contributed by atoms with Crippen molar-refractivity contribution in [2.24, 2.45) is 0 Å². The minimum absolute atomic E-state index is 0.0332. The number of anilines is 1. The van der Waals surface area contributed by atoms with Crippen molar-refractivity contribution < 1.29 is 14.3 Å². The number of carbonyl (C=O) groups excluding carboxylic acids is 2. The molecule has 2 aromatic rings. The summed E-state index contributed by atoms with van der Waals surface area (Å²) in [6.07, 6.45) is 0. The van der Waals surface area contributed by atoms with Crippen LogP contribution in [0.2, 0.25) is 0 Å². The lowest BCUT2D eigenvalue weighted by atomic mass is 10.3. The molecule has 0 aliphatic rings. The van der Waals surface area contributed by atoms with Crippen LogP contribution in [0.5, 0.6) is 5.75 Å². The quantitative estimate of drug-likeness (QED) is 0.922. The summed E-state index contributed by atoms with van der Waals surface area (Å²) in [5.74, 6) is 0.262. The maximum absolute atomic E-state index is 12.1. The van der Waals surface area contributed by atoms with Gasteiger partial charge in [-0.25, -0.2) is 0 Å². The Hall–Kier alpha value is -2.34. The lowest BCUT2D eigenvalue weighted by molar-refractivity contribution is -0.130. The first-order chi connectivity index (χ1) is 10.5. The molecule has 1 aromatic heterocycles. The number of hydrogen-bond acceptors (Lipinski definition) is 4. The minimum atomic E-state index is -0.153. The molecule has 1 heterocycles. The molecule has 0 bridgehead atoms. The highest BCUT2D eigenvalue weighted by atomic mass is 32.1. The van der Waals surface area contributed by atoms with E-state index >= 15 is 0 Å². The van der Waals surface area contributed by atoms with Crippen molar-refractivity contribution in [1.29, 1.82) is 0 Å². The van der Waals surface area contributed by atoms with Gasteiger partial charge in [-0.3, -0.25) is 9.59 Å². The average molecular weight is 318 g/mol. The van der Waals surface area contributed by atoms with Gasteiger partial charge in [0.2, 0.25) is 0 Å². The fourth-order valence-corrected chi connectivity index (χ4v) is 2.45. The molecule has 0 spiro atoms. The van der Waals surface area contributed by atoms with Crippen LogP contribution in [-0.4, -0.2) is 37.4 Å². The number of hydrogen-bond donors (Lipinski definition) is 1. The molecule has 0 fully saturated rings. The Bertz CT molecular complexity index is 680. The molecule has 6 heteroatoms. The number of amides is 2. The summed E-state index contributed by atoms with van der Waals surface area (Å²) < 4.78 is 5.42. The highest BCUT2D eigenvalue weighted by Crippen LogP contribution is 2.20. The lowest BCUT2D eigenvalue weighted by Crippen LogP contribution is -2.27. The molecule has 0 atom stereocenters. The second kappa shape index (κ2) is 7.09. The van der Waals surface area contributed by atoms with E-state index < -0.39 is 0 Å². The van der Waals surface area contributed by atoms with E-state index in [2.05, 4.69) is 5.32 Å². The number of aryl methyl sites for hydroxylation is 1. The standard InChI is InChI=1S/C16H18N2O3S/c1-11-7-8-14(22-11)16(20)17-12-5-4-6-13(9-12)21-10-15(19)18(2)3/h4-9H,10H2,1-3H3,(H,17,20). The molecule has 2 rings (SSSR count). The van der Waals surface area contributed by atoms with Gasteiger partial charge in [0, 0.05) is 30.7 Å². The van der Waals surface area contributed by atoms with Crippen LogP contribution in [0.3, 0.4) is 0 Å². The Kier molecular flexibility index (Phi) is 5.16. The van der Waals surface area contributed by atoms with Gasteiger partial charge in [0.25, 0.3) is 11.8 Å². The zero-order chi connectivity index (χ0) is 16.1. The summed E-state index contributed by atoms with van der Waals surface area (Å²) in [5, 5.41) is 2.82. The van der Waals surface area contributed by atoms with E-state index in [1.807, 2.05) is 13.0 Å². The van der Waals surface area contributed by atoms with Crippen LogP contribution >= 0.6 is 11.3 Å². The third-order valence-electron chi connectivity index (χ3n) is 2.92. The number of benzene rings is 1. The van der Waals surface area contributed by atoms with E-state index in [9.17, 15) is 9.59 Å². The maximum atomic E-state index is 12.1. The van der Waals surface area contributed by atoms with Crippen molar-refractivity contribution in [2.45, 2.75) is 6.92 Å². The van der Waals surface area contributed by atoms with Gasteiger partial charge < -0.3 is 15.0 Å². The highest BCUT2D eigenvalue weighted by molar-refractivity contribution is 7.14. The Labute approximate surface area is 133 Å². The van der Waals surface area contributed by atoms with Crippen LogP contribution in [0.4, 0.5) is 5.69 Å². The van der Waals surface area contributed by atoms with Crippen molar-refractivity contribution in [3.8, 4) is 5.75 Å². The number of nitrogens with zero attached hydrogens (tertiary/aromatic N) is 1. The Morgan fingerprint density at radius 1 is 1.23 bits per heavy atom. The number of carbonyl (C=O) groups is 2. The minimum Gasteiger partial charge on any atom is -0.484 e. The molecule has 5 nitrogen and oxygen atoms in total. The molecule has 0 saturated carbocycles. The van der Waals surface area contributed by atoms with Crippen molar-refractivity contribution >= 4 is 28.8 Å². The summed E-state index contributed by atoms with van der Waals surface area (Å²) in [7, 11) is 3.34. The van der Waals surface area contributed by atoms with Crippen molar-refractivity contribution in [3.63, 3.8) is 0 Å². The van der Waals surface area contributed by atoms with Crippen LogP contribution in [0, 0.1) is 6.92 Å². The first kappa shape index (κ1) is 16.0. The van der Waals surface area contributed by atoms with Crippen molar-refractivity contribution in [1.82, 2.24) is 4.90 Å². The number of ether oxygens (including phenoxy) is 1. The van der Waals surface area contributed by atoms with Gasteiger partial charge in [-0.05, 0) is 31.2 Å². The van der Waals surface area contributed by atoms with Gasteiger partial charge >= 0.3 is 0 Å². The van der Waals surface area contributed by atoms with E-state index in [4.69, 9.17) is 4.74 Å². The molecule has 1 N–H and O–H groups in total. The van der Waals surface area contributed by atoms with E-state index in [0.717, 1.165) is 4.88 Å². The fraction of sp³-hybridized carbons (Fsp3) is 0.250. The topological polar surface area (TPSA) is 58.6 Å². The summed E-state index contributed by atoms with van der Waals surface area (Å²) in [6.45, 7) is 1.92. The van der Waals surface area contributed by atoms with E-state index in [0.29, 0.717) is 16.3 Å². The highest BCUT2D eigenvalue weighted by Gasteiger charge is 2.09. The largest absolute Gasteiger partial charge is 0.484 e. The Morgan fingerprint density at radius 2 is 2.00 bits per heavy atom. The molecule has 0 aliphatic heterocycles. The molecular formula is C16H18N2O3S.